The van der Waals surface area contributed by atoms with Crippen LogP contribution in [0, 0.1) is 0 Å². The van der Waals surface area contributed by atoms with Gasteiger partial charge in [0.15, 0.2) is 0 Å². The molecular formula is C12H16BrF3. The molecule has 0 atom stereocenters. The first-order valence-corrected chi connectivity index (χ1v) is 5.97. The SMILES string of the molecule is CC.CC(C)c1cc(Br)cc(C(F)(F)F)c1. The first-order valence-electron chi connectivity index (χ1n) is 5.18. The second kappa shape index (κ2) is 6.28. The van der Waals surface area contributed by atoms with E-state index in [-0.39, 0.29) is 5.92 Å². The van der Waals surface area contributed by atoms with E-state index in [2.05, 4.69) is 15.9 Å². The number of rotatable bonds is 1. The minimum Gasteiger partial charge on any atom is -0.166 e. The standard InChI is InChI=1S/C10H10BrF3.C2H6/c1-6(2)7-3-8(10(12,13)14)5-9(11)4-7;1-2/h3-6H,1-2H3;1-2H3. The van der Waals surface area contributed by atoms with Crippen LogP contribution in [0.3, 0.4) is 0 Å². The molecule has 0 radical (unpaired) electrons. The first kappa shape index (κ1) is 15.5. The highest BCUT2D eigenvalue weighted by atomic mass is 79.9. The van der Waals surface area contributed by atoms with Gasteiger partial charge >= 0.3 is 6.18 Å². The van der Waals surface area contributed by atoms with Crippen molar-refractivity contribution >= 4 is 15.9 Å². The van der Waals surface area contributed by atoms with Crippen molar-refractivity contribution in [2.75, 3.05) is 0 Å². The minimum atomic E-state index is -4.27. The lowest BCUT2D eigenvalue weighted by Gasteiger charge is -2.11. The zero-order valence-electron chi connectivity index (χ0n) is 9.82. The van der Waals surface area contributed by atoms with Gasteiger partial charge in [0.25, 0.3) is 0 Å². The normalized spacial score (nSPS) is 11.1. The molecule has 0 aliphatic heterocycles. The molecule has 0 N–H and O–H groups in total. The van der Waals surface area contributed by atoms with Crippen LogP contribution in [-0.4, -0.2) is 0 Å². The molecule has 0 saturated heterocycles. The Balaban J connectivity index is 0.00000106. The zero-order chi connectivity index (χ0) is 12.9. The molecule has 0 unspecified atom stereocenters. The predicted octanol–water partition coefficient (Wildman–Crippen LogP) is 5.62. The van der Waals surface area contributed by atoms with Gasteiger partial charge in [0.1, 0.15) is 0 Å². The predicted molar refractivity (Wildman–Crippen MR) is 64.6 cm³/mol. The molecule has 1 rings (SSSR count). The molecule has 0 heterocycles. The average Bonchev–Trinajstić information content (AvgIpc) is 2.18. The van der Waals surface area contributed by atoms with Gasteiger partial charge in [-0.25, -0.2) is 0 Å². The molecule has 0 fully saturated rings. The van der Waals surface area contributed by atoms with E-state index >= 15 is 0 Å². The molecule has 1 aromatic carbocycles. The molecule has 1 aromatic rings. The second-order valence-corrected chi connectivity index (χ2v) is 4.34. The largest absolute Gasteiger partial charge is 0.416 e. The summed E-state index contributed by atoms with van der Waals surface area (Å²) in [6.45, 7) is 7.73. The molecule has 4 heteroatoms. The summed E-state index contributed by atoms with van der Waals surface area (Å²) in [7, 11) is 0. The molecular weight excluding hydrogens is 281 g/mol. The van der Waals surface area contributed by atoms with E-state index in [4.69, 9.17) is 0 Å². The van der Waals surface area contributed by atoms with Gasteiger partial charge < -0.3 is 0 Å². The Morgan fingerprint density at radius 1 is 1.06 bits per heavy atom. The van der Waals surface area contributed by atoms with Gasteiger partial charge in [0.2, 0.25) is 0 Å². The van der Waals surface area contributed by atoms with Crippen LogP contribution in [0.5, 0.6) is 0 Å². The summed E-state index contributed by atoms with van der Waals surface area (Å²) in [5, 5.41) is 0. The van der Waals surface area contributed by atoms with Crippen molar-refractivity contribution in [1.82, 2.24) is 0 Å². The van der Waals surface area contributed by atoms with Gasteiger partial charge in [-0.3, -0.25) is 0 Å². The first-order chi connectivity index (χ1) is 7.30. The number of alkyl halides is 3. The molecule has 0 spiro atoms. The van der Waals surface area contributed by atoms with Crippen molar-refractivity contribution in [3.8, 4) is 0 Å². The molecule has 16 heavy (non-hydrogen) atoms. The van der Waals surface area contributed by atoms with Crippen molar-refractivity contribution in [2.24, 2.45) is 0 Å². The summed E-state index contributed by atoms with van der Waals surface area (Å²) >= 11 is 3.07. The fourth-order valence-corrected chi connectivity index (χ4v) is 1.62. The Bertz CT molecular complexity index is 330. The van der Waals surface area contributed by atoms with Crippen molar-refractivity contribution < 1.29 is 13.2 Å². The van der Waals surface area contributed by atoms with E-state index in [1.165, 1.54) is 6.07 Å². The van der Waals surface area contributed by atoms with Crippen LogP contribution in [0.4, 0.5) is 13.2 Å². The Morgan fingerprint density at radius 2 is 1.56 bits per heavy atom. The van der Waals surface area contributed by atoms with E-state index in [1.807, 2.05) is 27.7 Å². The topological polar surface area (TPSA) is 0 Å². The maximum absolute atomic E-state index is 12.4. The Hall–Kier alpha value is -0.510. The molecule has 0 amide bonds. The molecule has 92 valence electrons. The monoisotopic (exact) mass is 296 g/mol. The van der Waals surface area contributed by atoms with Crippen LogP contribution in [0.1, 0.15) is 44.7 Å². The molecule has 0 nitrogen and oxygen atoms in total. The number of hydrogen-bond acceptors (Lipinski definition) is 0. The molecule has 0 aromatic heterocycles. The number of hydrogen-bond donors (Lipinski definition) is 0. The Kier molecular flexibility index (Phi) is 6.08. The summed E-state index contributed by atoms with van der Waals surface area (Å²) in [5.41, 5.74) is 0.0854. The fourth-order valence-electron chi connectivity index (χ4n) is 1.11. The minimum absolute atomic E-state index is 0.0913. The van der Waals surface area contributed by atoms with E-state index < -0.39 is 11.7 Å². The van der Waals surface area contributed by atoms with Gasteiger partial charge in [-0.1, -0.05) is 43.6 Å². The van der Waals surface area contributed by atoms with E-state index in [0.717, 1.165) is 6.07 Å². The molecule has 0 saturated carbocycles. The Morgan fingerprint density at radius 3 is 1.94 bits per heavy atom. The zero-order valence-corrected chi connectivity index (χ0v) is 11.4. The van der Waals surface area contributed by atoms with Crippen LogP contribution < -0.4 is 0 Å². The highest BCUT2D eigenvalue weighted by Gasteiger charge is 2.31. The molecule has 0 aliphatic rings. The fraction of sp³-hybridized carbons (Fsp3) is 0.500. The van der Waals surface area contributed by atoms with Crippen molar-refractivity contribution in [1.29, 1.82) is 0 Å². The number of benzene rings is 1. The van der Waals surface area contributed by atoms with Crippen LogP contribution in [0.15, 0.2) is 22.7 Å². The lowest BCUT2D eigenvalue weighted by Crippen LogP contribution is -2.06. The van der Waals surface area contributed by atoms with Crippen LogP contribution in [0.25, 0.3) is 0 Å². The van der Waals surface area contributed by atoms with Crippen LogP contribution >= 0.6 is 15.9 Å². The van der Waals surface area contributed by atoms with Crippen LogP contribution in [-0.2, 0) is 6.18 Å². The summed E-state index contributed by atoms with van der Waals surface area (Å²) in [5.74, 6) is 0.0913. The van der Waals surface area contributed by atoms with Crippen molar-refractivity contribution in [3.05, 3.63) is 33.8 Å². The third-order valence-electron chi connectivity index (χ3n) is 1.91. The Labute approximate surface area is 103 Å². The van der Waals surface area contributed by atoms with E-state index in [9.17, 15) is 13.2 Å². The van der Waals surface area contributed by atoms with Gasteiger partial charge in [-0.2, -0.15) is 13.2 Å². The highest BCUT2D eigenvalue weighted by molar-refractivity contribution is 9.10. The lowest BCUT2D eigenvalue weighted by molar-refractivity contribution is -0.137. The highest BCUT2D eigenvalue weighted by Crippen LogP contribution is 2.33. The van der Waals surface area contributed by atoms with E-state index in [0.29, 0.717) is 10.0 Å². The van der Waals surface area contributed by atoms with Crippen molar-refractivity contribution in [3.63, 3.8) is 0 Å². The van der Waals surface area contributed by atoms with E-state index in [1.54, 1.807) is 6.07 Å². The third-order valence-corrected chi connectivity index (χ3v) is 2.37. The smallest absolute Gasteiger partial charge is 0.166 e. The third kappa shape index (κ3) is 4.56. The maximum Gasteiger partial charge on any atom is 0.416 e. The van der Waals surface area contributed by atoms with Crippen molar-refractivity contribution in [2.45, 2.75) is 39.8 Å². The van der Waals surface area contributed by atoms with Gasteiger partial charge in [0.05, 0.1) is 5.56 Å². The maximum atomic E-state index is 12.4. The summed E-state index contributed by atoms with van der Waals surface area (Å²) < 4.78 is 37.6. The van der Waals surface area contributed by atoms with Crippen LogP contribution in [0.2, 0.25) is 0 Å². The molecule has 0 aliphatic carbocycles. The summed E-state index contributed by atoms with van der Waals surface area (Å²) in [6, 6.07) is 3.99. The molecule has 0 bridgehead atoms. The van der Waals surface area contributed by atoms with Gasteiger partial charge in [-0.05, 0) is 29.7 Å². The second-order valence-electron chi connectivity index (χ2n) is 3.43. The number of halogens is 4. The summed E-state index contributed by atoms with van der Waals surface area (Å²) in [4.78, 5) is 0. The van der Waals surface area contributed by atoms with Gasteiger partial charge in [0, 0.05) is 4.47 Å². The summed E-state index contributed by atoms with van der Waals surface area (Å²) in [6.07, 6.45) is -4.27. The lowest BCUT2D eigenvalue weighted by atomic mass is 10.0. The quantitative estimate of drug-likeness (QED) is 0.631. The van der Waals surface area contributed by atoms with Gasteiger partial charge in [-0.15, -0.1) is 0 Å². The average molecular weight is 297 g/mol.